The predicted molar refractivity (Wildman–Crippen MR) is 85.8 cm³/mol. The molecule has 2 aromatic carbocycles. The third kappa shape index (κ3) is 4.58. The van der Waals surface area contributed by atoms with Crippen LogP contribution in [-0.2, 0) is 4.74 Å². The summed E-state index contributed by atoms with van der Waals surface area (Å²) < 4.78 is 4.78. The fraction of sp³-hybridized carbons (Fsp3) is 0.0667. The molecule has 25 heavy (non-hydrogen) atoms. The third-order valence-electron chi connectivity index (χ3n) is 3.06. The number of nitrogens with zero attached hydrogens (tertiary/aromatic N) is 2. The number of hydrogen-bond donors (Lipinski definition) is 0. The van der Waals surface area contributed by atoms with Gasteiger partial charge in [0.15, 0.2) is 12.4 Å². The first-order valence-electron chi connectivity index (χ1n) is 6.67. The quantitative estimate of drug-likeness (QED) is 0.333. The number of rotatable bonds is 6. The molecule has 0 amide bonds. The van der Waals surface area contributed by atoms with Gasteiger partial charge in [0.2, 0.25) is 0 Å². The van der Waals surface area contributed by atoms with Crippen LogP contribution in [0.5, 0.6) is 0 Å². The van der Waals surface area contributed by atoms with Crippen LogP contribution in [0.3, 0.4) is 0 Å². The van der Waals surface area contributed by atoms with Crippen LogP contribution >= 0.6 is 11.6 Å². The number of Topliss-reactive ketones (excluding diaryl/α,β-unsaturated/α-hetero) is 1. The molecule has 0 radical (unpaired) electrons. The number of halogens is 1. The highest BCUT2D eigenvalue weighted by Gasteiger charge is 2.21. The Hall–Kier alpha value is -3.33. The molecular formula is C15H9ClN2O7. The van der Waals surface area contributed by atoms with Gasteiger partial charge in [-0.05, 0) is 24.3 Å². The highest BCUT2D eigenvalue weighted by atomic mass is 35.5. The summed E-state index contributed by atoms with van der Waals surface area (Å²) in [7, 11) is 0. The molecule has 0 aliphatic rings. The summed E-state index contributed by atoms with van der Waals surface area (Å²) in [5.74, 6) is -1.61. The number of ether oxygens (including phenoxy) is 1. The van der Waals surface area contributed by atoms with Crippen molar-refractivity contribution in [2.45, 2.75) is 0 Å². The largest absolute Gasteiger partial charge is 0.454 e. The average molecular weight is 365 g/mol. The van der Waals surface area contributed by atoms with Gasteiger partial charge < -0.3 is 4.74 Å². The summed E-state index contributed by atoms with van der Waals surface area (Å²) in [6.07, 6.45) is 0. The number of ketones is 1. The van der Waals surface area contributed by atoms with E-state index in [1.807, 2.05) is 0 Å². The van der Waals surface area contributed by atoms with Crippen molar-refractivity contribution in [3.63, 3.8) is 0 Å². The Kier molecular flexibility index (Phi) is 5.40. The predicted octanol–water partition coefficient (Wildman–Crippen LogP) is 3.20. The van der Waals surface area contributed by atoms with Gasteiger partial charge in [-0.25, -0.2) is 4.79 Å². The first-order chi connectivity index (χ1) is 11.8. The first kappa shape index (κ1) is 18.0. The van der Waals surface area contributed by atoms with Gasteiger partial charge in [-0.15, -0.1) is 0 Å². The van der Waals surface area contributed by atoms with Crippen molar-refractivity contribution < 1.29 is 24.2 Å². The number of carbonyl (C=O) groups excluding carboxylic acids is 2. The van der Waals surface area contributed by atoms with Crippen LogP contribution in [0.15, 0.2) is 42.5 Å². The summed E-state index contributed by atoms with van der Waals surface area (Å²) in [6, 6.07) is 8.24. The van der Waals surface area contributed by atoms with Crippen LogP contribution in [0, 0.1) is 20.2 Å². The van der Waals surface area contributed by atoms with Crippen molar-refractivity contribution in [1.82, 2.24) is 0 Å². The molecule has 0 N–H and O–H groups in total. The summed E-state index contributed by atoms with van der Waals surface area (Å²) in [5.41, 5.74) is -1.41. The van der Waals surface area contributed by atoms with Gasteiger partial charge in [0.25, 0.3) is 11.4 Å². The minimum Gasteiger partial charge on any atom is -0.454 e. The SMILES string of the molecule is O=C(COC(=O)c1cc([N+](=O)[O-])cc([N+](=O)[O-])c1)c1ccc(Cl)cc1. The van der Waals surface area contributed by atoms with Crippen molar-refractivity contribution in [3.05, 3.63) is 78.8 Å². The fourth-order valence-electron chi connectivity index (χ4n) is 1.86. The van der Waals surface area contributed by atoms with Gasteiger partial charge in [0.05, 0.1) is 21.5 Å². The van der Waals surface area contributed by atoms with E-state index in [1.54, 1.807) is 0 Å². The normalized spacial score (nSPS) is 10.1. The van der Waals surface area contributed by atoms with Crippen LogP contribution in [0.2, 0.25) is 5.02 Å². The van der Waals surface area contributed by atoms with E-state index >= 15 is 0 Å². The molecular weight excluding hydrogens is 356 g/mol. The van der Waals surface area contributed by atoms with Crippen molar-refractivity contribution in [2.24, 2.45) is 0 Å². The molecule has 0 saturated carbocycles. The molecule has 0 unspecified atom stereocenters. The lowest BCUT2D eigenvalue weighted by Crippen LogP contribution is -2.14. The van der Waals surface area contributed by atoms with E-state index < -0.39 is 45.1 Å². The Morgan fingerprint density at radius 2 is 1.44 bits per heavy atom. The van der Waals surface area contributed by atoms with Gasteiger partial charge >= 0.3 is 5.97 Å². The zero-order valence-corrected chi connectivity index (χ0v) is 13.1. The van der Waals surface area contributed by atoms with E-state index in [4.69, 9.17) is 16.3 Å². The Morgan fingerprint density at radius 3 is 1.92 bits per heavy atom. The van der Waals surface area contributed by atoms with Gasteiger partial charge in [0.1, 0.15) is 0 Å². The lowest BCUT2D eigenvalue weighted by atomic mass is 10.1. The lowest BCUT2D eigenvalue weighted by molar-refractivity contribution is -0.394. The van der Waals surface area contributed by atoms with Crippen LogP contribution in [0.25, 0.3) is 0 Å². The molecule has 0 aliphatic heterocycles. The number of esters is 1. The smallest absolute Gasteiger partial charge is 0.339 e. The summed E-state index contributed by atoms with van der Waals surface area (Å²) in [6.45, 7) is -0.628. The summed E-state index contributed by atoms with van der Waals surface area (Å²) in [5, 5.41) is 22.0. The molecule has 0 heterocycles. The van der Waals surface area contributed by atoms with Gasteiger partial charge in [-0.1, -0.05) is 11.6 Å². The van der Waals surface area contributed by atoms with Gasteiger partial charge in [-0.2, -0.15) is 0 Å². The van der Waals surface area contributed by atoms with Crippen LogP contribution in [-0.4, -0.2) is 28.2 Å². The van der Waals surface area contributed by atoms with E-state index in [9.17, 15) is 29.8 Å². The molecule has 0 fully saturated rings. The second-order valence-electron chi connectivity index (χ2n) is 4.76. The number of nitro benzene ring substituents is 2. The topological polar surface area (TPSA) is 130 Å². The zero-order valence-electron chi connectivity index (χ0n) is 12.4. The molecule has 0 atom stereocenters. The van der Waals surface area contributed by atoms with E-state index in [1.165, 1.54) is 24.3 Å². The minimum atomic E-state index is -1.09. The Balaban J connectivity index is 2.14. The van der Waals surface area contributed by atoms with Gasteiger partial charge in [-0.3, -0.25) is 25.0 Å². The molecule has 2 rings (SSSR count). The maximum atomic E-state index is 11.9. The van der Waals surface area contributed by atoms with E-state index in [-0.39, 0.29) is 5.56 Å². The summed E-state index contributed by atoms with van der Waals surface area (Å²) in [4.78, 5) is 43.7. The molecule has 0 saturated heterocycles. The highest BCUT2D eigenvalue weighted by molar-refractivity contribution is 6.30. The second kappa shape index (κ2) is 7.49. The molecule has 9 nitrogen and oxygen atoms in total. The Bertz CT molecular complexity index is 832. The van der Waals surface area contributed by atoms with Crippen molar-refractivity contribution in [3.8, 4) is 0 Å². The lowest BCUT2D eigenvalue weighted by Gasteiger charge is -2.05. The fourth-order valence-corrected chi connectivity index (χ4v) is 1.98. The monoisotopic (exact) mass is 364 g/mol. The molecule has 10 heteroatoms. The number of nitro groups is 2. The molecule has 0 aromatic heterocycles. The maximum absolute atomic E-state index is 11.9. The van der Waals surface area contributed by atoms with E-state index in [2.05, 4.69) is 0 Å². The van der Waals surface area contributed by atoms with Crippen molar-refractivity contribution >= 4 is 34.7 Å². The zero-order chi connectivity index (χ0) is 18.6. The number of benzene rings is 2. The third-order valence-corrected chi connectivity index (χ3v) is 3.31. The van der Waals surface area contributed by atoms with E-state index in [0.29, 0.717) is 5.02 Å². The van der Waals surface area contributed by atoms with Crippen molar-refractivity contribution in [1.29, 1.82) is 0 Å². The first-order valence-corrected chi connectivity index (χ1v) is 7.05. The number of carbonyl (C=O) groups is 2. The molecule has 0 aliphatic carbocycles. The van der Waals surface area contributed by atoms with Crippen LogP contribution in [0.1, 0.15) is 20.7 Å². The van der Waals surface area contributed by atoms with E-state index in [0.717, 1.165) is 18.2 Å². The highest BCUT2D eigenvalue weighted by Crippen LogP contribution is 2.23. The molecule has 0 spiro atoms. The Labute approximate surface area is 145 Å². The number of non-ortho nitro benzene ring substituents is 2. The molecule has 0 bridgehead atoms. The molecule has 128 valence electrons. The second-order valence-corrected chi connectivity index (χ2v) is 5.19. The van der Waals surface area contributed by atoms with Crippen LogP contribution < -0.4 is 0 Å². The van der Waals surface area contributed by atoms with Gasteiger partial charge in [0, 0.05) is 22.7 Å². The summed E-state index contributed by atoms with van der Waals surface area (Å²) >= 11 is 5.70. The Morgan fingerprint density at radius 1 is 0.920 bits per heavy atom. The minimum absolute atomic E-state index is 0.252. The average Bonchev–Trinajstić information content (AvgIpc) is 2.59. The van der Waals surface area contributed by atoms with Crippen molar-refractivity contribution in [2.75, 3.05) is 6.61 Å². The standard InChI is InChI=1S/C15H9ClN2O7/c16-11-3-1-9(2-4-11)14(19)8-25-15(20)10-5-12(17(21)22)7-13(6-10)18(23)24/h1-7H,8H2. The van der Waals surface area contributed by atoms with Crippen LogP contribution in [0.4, 0.5) is 11.4 Å². The number of hydrogen-bond acceptors (Lipinski definition) is 7. The maximum Gasteiger partial charge on any atom is 0.339 e. The molecule has 2 aromatic rings.